The van der Waals surface area contributed by atoms with Gasteiger partial charge in [0.25, 0.3) is 0 Å². The lowest BCUT2D eigenvalue weighted by Crippen LogP contribution is -2.25. The summed E-state index contributed by atoms with van der Waals surface area (Å²) in [7, 11) is -3.96. The van der Waals surface area contributed by atoms with Crippen molar-refractivity contribution in [2.24, 2.45) is 0 Å². The van der Waals surface area contributed by atoms with E-state index in [1.807, 2.05) is 17.5 Å². The molecule has 0 aliphatic rings. The van der Waals surface area contributed by atoms with Crippen LogP contribution in [0, 0.1) is 5.82 Å². The van der Waals surface area contributed by atoms with E-state index in [0.29, 0.717) is 11.4 Å². The van der Waals surface area contributed by atoms with Crippen molar-refractivity contribution in [2.45, 2.75) is 11.4 Å². The number of aromatic nitrogens is 2. The van der Waals surface area contributed by atoms with Crippen molar-refractivity contribution in [3.63, 3.8) is 0 Å². The first-order valence-corrected chi connectivity index (χ1v) is 9.02. The van der Waals surface area contributed by atoms with Crippen molar-refractivity contribution in [2.75, 3.05) is 0 Å². The molecule has 23 heavy (non-hydrogen) atoms. The molecule has 0 aliphatic carbocycles. The molecule has 0 spiro atoms. The summed E-state index contributed by atoms with van der Waals surface area (Å²) in [6, 6.07) is 8.98. The van der Waals surface area contributed by atoms with Gasteiger partial charge < -0.3 is 0 Å². The Morgan fingerprint density at radius 3 is 2.61 bits per heavy atom. The molecule has 0 saturated heterocycles. The second-order valence-electron chi connectivity index (χ2n) is 4.58. The molecule has 0 amide bonds. The first-order chi connectivity index (χ1) is 11.1. The van der Waals surface area contributed by atoms with Crippen LogP contribution in [-0.2, 0) is 16.6 Å². The van der Waals surface area contributed by atoms with E-state index in [0.717, 1.165) is 10.9 Å². The van der Waals surface area contributed by atoms with Crippen LogP contribution in [0.3, 0.4) is 0 Å². The van der Waals surface area contributed by atoms with Crippen LogP contribution in [0.5, 0.6) is 0 Å². The van der Waals surface area contributed by atoms with Crippen LogP contribution < -0.4 is 4.72 Å². The van der Waals surface area contributed by atoms with Gasteiger partial charge >= 0.3 is 0 Å². The first-order valence-electron chi connectivity index (χ1n) is 6.66. The van der Waals surface area contributed by atoms with Gasteiger partial charge in [-0.3, -0.25) is 9.97 Å². The molecule has 0 radical (unpaired) electrons. The zero-order valence-electron chi connectivity index (χ0n) is 11.8. The highest BCUT2D eigenvalue weighted by molar-refractivity contribution is 7.89. The lowest BCUT2D eigenvalue weighted by molar-refractivity contribution is 0.556. The van der Waals surface area contributed by atoms with Gasteiger partial charge in [-0.2, -0.15) is 0 Å². The maximum atomic E-state index is 13.7. The molecule has 1 N–H and O–H groups in total. The number of rotatable bonds is 5. The summed E-state index contributed by atoms with van der Waals surface area (Å²) >= 11 is 1.48. The number of thiophene rings is 1. The Balaban J connectivity index is 1.86. The van der Waals surface area contributed by atoms with Gasteiger partial charge in [-0.15, -0.1) is 11.3 Å². The SMILES string of the molecule is O=S(=O)(NCc1nccnc1-c1cccs1)c1ccccc1F. The van der Waals surface area contributed by atoms with Gasteiger partial charge in [0, 0.05) is 12.4 Å². The van der Waals surface area contributed by atoms with Crippen molar-refractivity contribution in [3.05, 3.63) is 65.7 Å². The van der Waals surface area contributed by atoms with E-state index in [4.69, 9.17) is 0 Å². The summed E-state index contributed by atoms with van der Waals surface area (Å²) in [5.74, 6) is -0.794. The molecule has 0 saturated carbocycles. The Bertz CT molecular complexity index is 912. The number of halogens is 1. The number of hydrogen-bond acceptors (Lipinski definition) is 5. The molecule has 3 aromatic rings. The average molecular weight is 349 g/mol. The van der Waals surface area contributed by atoms with Gasteiger partial charge in [0.1, 0.15) is 16.4 Å². The maximum Gasteiger partial charge on any atom is 0.243 e. The summed E-state index contributed by atoms with van der Waals surface area (Å²) in [6.07, 6.45) is 3.04. The van der Waals surface area contributed by atoms with E-state index in [9.17, 15) is 12.8 Å². The van der Waals surface area contributed by atoms with Crippen LogP contribution >= 0.6 is 11.3 Å². The van der Waals surface area contributed by atoms with Crippen molar-refractivity contribution in [3.8, 4) is 10.6 Å². The van der Waals surface area contributed by atoms with Crippen LogP contribution in [0.25, 0.3) is 10.6 Å². The monoisotopic (exact) mass is 349 g/mol. The van der Waals surface area contributed by atoms with Crippen LogP contribution in [0.1, 0.15) is 5.69 Å². The summed E-state index contributed by atoms with van der Waals surface area (Å²) in [6.45, 7) is -0.0717. The largest absolute Gasteiger partial charge is 0.256 e. The number of sulfonamides is 1. The molecule has 0 fully saturated rings. The topological polar surface area (TPSA) is 72.0 Å². The summed E-state index contributed by atoms with van der Waals surface area (Å²) < 4.78 is 40.5. The van der Waals surface area contributed by atoms with Gasteiger partial charge in [0.15, 0.2) is 0 Å². The quantitative estimate of drug-likeness (QED) is 0.769. The summed E-state index contributed by atoms with van der Waals surface area (Å²) in [5.41, 5.74) is 1.09. The van der Waals surface area contributed by atoms with Crippen LogP contribution in [0.4, 0.5) is 4.39 Å². The second kappa shape index (κ2) is 6.53. The highest BCUT2D eigenvalue weighted by atomic mass is 32.2. The van der Waals surface area contributed by atoms with E-state index in [2.05, 4.69) is 14.7 Å². The van der Waals surface area contributed by atoms with E-state index in [1.165, 1.54) is 35.7 Å². The van der Waals surface area contributed by atoms with Gasteiger partial charge in [0.05, 0.1) is 17.1 Å². The zero-order valence-corrected chi connectivity index (χ0v) is 13.4. The maximum absolute atomic E-state index is 13.7. The number of benzene rings is 1. The fourth-order valence-corrected chi connectivity index (χ4v) is 3.83. The standard InChI is InChI=1S/C15H12FN3O2S2/c16-11-4-1-2-6-14(11)23(20,21)19-10-12-15(18-8-7-17-12)13-5-3-9-22-13/h1-9,19H,10H2. The minimum absolute atomic E-state index is 0.0717. The zero-order chi connectivity index (χ0) is 16.3. The van der Waals surface area contributed by atoms with Gasteiger partial charge in [-0.05, 0) is 23.6 Å². The molecule has 0 atom stereocenters. The van der Waals surface area contributed by atoms with E-state index in [1.54, 1.807) is 6.20 Å². The minimum Gasteiger partial charge on any atom is -0.256 e. The third-order valence-electron chi connectivity index (χ3n) is 3.08. The fourth-order valence-electron chi connectivity index (χ4n) is 2.02. The molecule has 0 bridgehead atoms. The van der Waals surface area contributed by atoms with Gasteiger partial charge in [0.2, 0.25) is 10.0 Å². The molecule has 2 aromatic heterocycles. The highest BCUT2D eigenvalue weighted by Crippen LogP contribution is 2.25. The Morgan fingerprint density at radius 2 is 1.87 bits per heavy atom. The summed E-state index contributed by atoms with van der Waals surface area (Å²) in [5, 5.41) is 1.90. The predicted molar refractivity (Wildman–Crippen MR) is 85.8 cm³/mol. The number of nitrogens with one attached hydrogen (secondary N) is 1. The number of nitrogens with zero attached hydrogens (tertiary/aromatic N) is 2. The molecule has 118 valence electrons. The third kappa shape index (κ3) is 3.44. The lowest BCUT2D eigenvalue weighted by atomic mass is 10.2. The van der Waals surface area contributed by atoms with Gasteiger partial charge in [-0.25, -0.2) is 17.5 Å². The molecule has 0 aliphatic heterocycles. The Kier molecular flexibility index (Phi) is 4.46. The second-order valence-corrected chi connectivity index (χ2v) is 7.27. The fraction of sp³-hybridized carbons (Fsp3) is 0.0667. The van der Waals surface area contributed by atoms with E-state index < -0.39 is 15.8 Å². The average Bonchev–Trinajstić information content (AvgIpc) is 3.08. The van der Waals surface area contributed by atoms with E-state index >= 15 is 0 Å². The molecule has 3 rings (SSSR count). The number of hydrogen-bond donors (Lipinski definition) is 1. The molecule has 1 aromatic carbocycles. The molecule has 2 heterocycles. The van der Waals surface area contributed by atoms with Crippen molar-refractivity contribution in [1.29, 1.82) is 0 Å². The van der Waals surface area contributed by atoms with Crippen LogP contribution in [0.2, 0.25) is 0 Å². The summed E-state index contributed by atoms with van der Waals surface area (Å²) in [4.78, 5) is 8.93. The van der Waals surface area contributed by atoms with Crippen LogP contribution in [0.15, 0.2) is 59.1 Å². The molecule has 0 unspecified atom stereocenters. The Hall–Kier alpha value is -2.16. The molecular formula is C15H12FN3O2S2. The molecular weight excluding hydrogens is 337 g/mol. The normalized spacial score (nSPS) is 11.5. The third-order valence-corrected chi connectivity index (χ3v) is 5.40. The lowest BCUT2D eigenvalue weighted by Gasteiger charge is -2.09. The van der Waals surface area contributed by atoms with E-state index in [-0.39, 0.29) is 11.4 Å². The first kappa shape index (κ1) is 15.7. The smallest absolute Gasteiger partial charge is 0.243 e. The molecule has 8 heteroatoms. The van der Waals surface area contributed by atoms with Crippen LogP contribution in [-0.4, -0.2) is 18.4 Å². The highest BCUT2D eigenvalue weighted by Gasteiger charge is 2.19. The Morgan fingerprint density at radius 1 is 1.09 bits per heavy atom. The van der Waals surface area contributed by atoms with Crippen molar-refractivity contribution < 1.29 is 12.8 Å². The minimum atomic E-state index is -3.96. The van der Waals surface area contributed by atoms with Crippen molar-refractivity contribution >= 4 is 21.4 Å². The van der Waals surface area contributed by atoms with Gasteiger partial charge in [-0.1, -0.05) is 18.2 Å². The van der Waals surface area contributed by atoms with Crippen molar-refractivity contribution in [1.82, 2.24) is 14.7 Å². The molecule has 5 nitrogen and oxygen atoms in total. The Labute approximate surface area is 136 Å². The predicted octanol–water partition coefficient (Wildman–Crippen LogP) is 2.82.